The van der Waals surface area contributed by atoms with Gasteiger partial charge >= 0.3 is 0 Å². The lowest BCUT2D eigenvalue weighted by molar-refractivity contribution is 0.0951. The summed E-state index contributed by atoms with van der Waals surface area (Å²) in [4.78, 5) is 21.8. The van der Waals surface area contributed by atoms with E-state index in [1.807, 2.05) is 19.2 Å². The molecular weight excluding hydrogens is 350 g/mol. The molecule has 0 aliphatic heterocycles. The highest BCUT2D eigenvalue weighted by atomic mass is 16.1. The van der Waals surface area contributed by atoms with Crippen LogP contribution in [0.3, 0.4) is 0 Å². The summed E-state index contributed by atoms with van der Waals surface area (Å²) in [7, 11) is 0. The summed E-state index contributed by atoms with van der Waals surface area (Å²) in [5.41, 5.74) is 5.88. The molecule has 2 aromatic heterocycles. The second kappa shape index (κ2) is 7.54. The molecular formula is C22H25N5O. The van der Waals surface area contributed by atoms with Gasteiger partial charge in [0, 0.05) is 18.3 Å². The first-order valence-electron chi connectivity index (χ1n) is 9.82. The Hall–Kier alpha value is -3.02. The van der Waals surface area contributed by atoms with Crippen molar-refractivity contribution in [3.63, 3.8) is 0 Å². The van der Waals surface area contributed by atoms with E-state index in [2.05, 4.69) is 47.4 Å². The molecule has 0 saturated carbocycles. The third-order valence-corrected chi connectivity index (χ3v) is 5.24. The van der Waals surface area contributed by atoms with E-state index < -0.39 is 0 Å². The summed E-state index contributed by atoms with van der Waals surface area (Å²) in [5.74, 6) is 0.942. The zero-order chi connectivity index (χ0) is 19.7. The molecule has 0 radical (unpaired) electrons. The molecule has 0 unspecified atom stereocenters. The van der Waals surface area contributed by atoms with Crippen LogP contribution >= 0.6 is 0 Å². The maximum Gasteiger partial charge on any atom is 0.254 e. The fourth-order valence-electron chi connectivity index (χ4n) is 3.56. The lowest BCUT2D eigenvalue weighted by Crippen LogP contribution is -2.25. The van der Waals surface area contributed by atoms with Gasteiger partial charge in [0.05, 0.1) is 23.1 Å². The first-order valence-corrected chi connectivity index (χ1v) is 9.82. The summed E-state index contributed by atoms with van der Waals surface area (Å²) < 4.78 is 1.65. The van der Waals surface area contributed by atoms with Crippen molar-refractivity contribution in [3.05, 3.63) is 59.0 Å². The second-order valence-electron chi connectivity index (χ2n) is 7.69. The third-order valence-electron chi connectivity index (χ3n) is 5.24. The van der Waals surface area contributed by atoms with Crippen molar-refractivity contribution < 1.29 is 4.79 Å². The van der Waals surface area contributed by atoms with E-state index in [0.29, 0.717) is 24.0 Å². The highest BCUT2D eigenvalue weighted by Crippen LogP contribution is 2.31. The molecule has 0 bridgehead atoms. The third kappa shape index (κ3) is 3.42. The SMILES string of the molecule is Cc1c(C(=O)NCCC(C)C)cnn1-c1ncc2c(n1)-c1ccccc1CC2. The lowest BCUT2D eigenvalue weighted by Gasteiger charge is -2.19. The van der Waals surface area contributed by atoms with E-state index in [0.717, 1.165) is 41.8 Å². The maximum absolute atomic E-state index is 12.5. The van der Waals surface area contributed by atoms with E-state index >= 15 is 0 Å². The van der Waals surface area contributed by atoms with Crippen LogP contribution < -0.4 is 5.32 Å². The monoisotopic (exact) mass is 375 g/mol. The normalized spacial score (nSPS) is 12.6. The van der Waals surface area contributed by atoms with Crippen molar-refractivity contribution in [1.29, 1.82) is 0 Å². The predicted molar refractivity (Wildman–Crippen MR) is 109 cm³/mol. The zero-order valence-electron chi connectivity index (χ0n) is 16.6. The molecule has 1 aromatic carbocycles. The van der Waals surface area contributed by atoms with Gasteiger partial charge in [-0.05, 0) is 43.2 Å². The van der Waals surface area contributed by atoms with Crippen LogP contribution in [0.25, 0.3) is 17.2 Å². The Balaban J connectivity index is 1.63. The molecule has 6 heteroatoms. The summed E-state index contributed by atoms with van der Waals surface area (Å²) in [6.07, 6.45) is 6.38. The van der Waals surface area contributed by atoms with Crippen molar-refractivity contribution in [2.24, 2.45) is 5.92 Å². The number of hydrogen-bond acceptors (Lipinski definition) is 4. The molecule has 2 heterocycles. The highest BCUT2D eigenvalue weighted by molar-refractivity contribution is 5.95. The Morgan fingerprint density at radius 3 is 2.79 bits per heavy atom. The molecule has 1 N–H and O–H groups in total. The summed E-state index contributed by atoms with van der Waals surface area (Å²) in [5, 5.41) is 7.35. The smallest absolute Gasteiger partial charge is 0.254 e. The molecule has 0 atom stereocenters. The molecule has 0 saturated heterocycles. The Labute approximate surface area is 165 Å². The van der Waals surface area contributed by atoms with Crippen LogP contribution in [-0.2, 0) is 12.8 Å². The van der Waals surface area contributed by atoms with Crippen molar-refractivity contribution >= 4 is 5.91 Å². The minimum Gasteiger partial charge on any atom is -0.352 e. The number of carbonyl (C=O) groups excluding carboxylic acids is 1. The van der Waals surface area contributed by atoms with Gasteiger partial charge in [-0.25, -0.2) is 14.6 Å². The quantitative estimate of drug-likeness (QED) is 0.741. The minimum absolute atomic E-state index is 0.104. The van der Waals surface area contributed by atoms with Gasteiger partial charge in [-0.2, -0.15) is 5.10 Å². The van der Waals surface area contributed by atoms with Gasteiger partial charge in [0.15, 0.2) is 0 Å². The molecule has 144 valence electrons. The number of hydrogen-bond donors (Lipinski definition) is 1. The average molecular weight is 375 g/mol. The molecule has 3 aromatic rings. The summed E-state index contributed by atoms with van der Waals surface area (Å²) in [6.45, 7) is 6.82. The molecule has 1 aliphatic rings. The number of aromatic nitrogens is 4. The summed E-state index contributed by atoms with van der Waals surface area (Å²) >= 11 is 0. The van der Waals surface area contributed by atoms with Crippen molar-refractivity contribution in [3.8, 4) is 17.2 Å². The maximum atomic E-state index is 12.5. The van der Waals surface area contributed by atoms with Gasteiger partial charge in [-0.15, -0.1) is 0 Å². The van der Waals surface area contributed by atoms with E-state index in [4.69, 9.17) is 4.98 Å². The van der Waals surface area contributed by atoms with Gasteiger partial charge in [0.1, 0.15) is 0 Å². The fourth-order valence-corrected chi connectivity index (χ4v) is 3.56. The van der Waals surface area contributed by atoms with E-state index in [-0.39, 0.29) is 5.91 Å². The van der Waals surface area contributed by atoms with Gasteiger partial charge in [-0.1, -0.05) is 38.1 Å². The first-order chi connectivity index (χ1) is 13.5. The number of nitrogens with one attached hydrogen (secondary N) is 1. The van der Waals surface area contributed by atoms with Gasteiger partial charge in [0.2, 0.25) is 0 Å². The zero-order valence-corrected chi connectivity index (χ0v) is 16.6. The van der Waals surface area contributed by atoms with Crippen LogP contribution in [0.1, 0.15) is 47.4 Å². The molecule has 1 aliphatic carbocycles. The van der Waals surface area contributed by atoms with Crippen LogP contribution in [0.15, 0.2) is 36.7 Å². The first kappa shape index (κ1) is 18.3. The van der Waals surface area contributed by atoms with Crippen LogP contribution in [0, 0.1) is 12.8 Å². The number of carbonyl (C=O) groups is 1. The molecule has 0 spiro atoms. The minimum atomic E-state index is -0.104. The molecule has 0 fully saturated rings. The number of fused-ring (bicyclic) bond motifs is 3. The van der Waals surface area contributed by atoms with Gasteiger partial charge in [-0.3, -0.25) is 4.79 Å². The second-order valence-corrected chi connectivity index (χ2v) is 7.69. The summed E-state index contributed by atoms with van der Waals surface area (Å²) in [6, 6.07) is 8.36. The standard InChI is InChI=1S/C22H25N5O/c1-14(2)10-11-23-21(28)19-13-25-27(15(19)3)22-24-12-17-9-8-16-6-4-5-7-18(16)20(17)26-22/h4-7,12-14H,8-11H2,1-3H3,(H,23,28). The van der Waals surface area contributed by atoms with E-state index in [9.17, 15) is 4.79 Å². The molecule has 6 nitrogen and oxygen atoms in total. The van der Waals surface area contributed by atoms with Crippen LogP contribution in [-0.4, -0.2) is 32.2 Å². The van der Waals surface area contributed by atoms with E-state index in [1.54, 1.807) is 10.9 Å². The van der Waals surface area contributed by atoms with Crippen molar-refractivity contribution in [1.82, 2.24) is 25.1 Å². The Morgan fingerprint density at radius 1 is 1.18 bits per heavy atom. The van der Waals surface area contributed by atoms with E-state index in [1.165, 1.54) is 5.56 Å². The Bertz CT molecular complexity index is 1020. The van der Waals surface area contributed by atoms with Crippen LogP contribution in [0.2, 0.25) is 0 Å². The van der Waals surface area contributed by atoms with Crippen LogP contribution in [0.5, 0.6) is 0 Å². The number of benzene rings is 1. The number of nitrogens with zero attached hydrogens (tertiary/aromatic N) is 4. The number of aryl methyl sites for hydroxylation is 2. The van der Waals surface area contributed by atoms with Gasteiger partial charge in [0.25, 0.3) is 11.9 Å². The highest BCUT2D eigenvalue weighted by Gasteiger charge is 2.21. The molecule has 4 rings (SSSR count). The van der Waals surface area contributed by atoms with Gasteiger partial charge < -0.3 is 5.32 Å². The van der Waals surface area contributed by atoms with Crippen molar-refractivity contribution in [2.75, 3.05) is 6.54 Å². The van der Waals surface area contributed by atoms with Crippen LogP contribution in [0.4, 0.5) is 0 Å². The largest absolute Gasteiger partial charge is 0.352 e. The average Bonchev–Trinajstić information content (AvgIpc) is 3.08. The molecule has 1 amide bonds. The number of rotatable bonds is 5. The number of amides is 1. The Morgan fingerprint density at radius 2 is 1.96 bits per heavy atom. The predicted octanol–water partition coefficient (Wildman–Crippen LogP) is 3.51. The lowest BCUT2D eigenvalue weighted by atomic mass is 9.90. The fraction of sp³-hybridized carbons (Fsp3) is 0.364. The molecule has 28 heavy (non-hydrogen) atoms. The topological polar surface area (TPSA) is 72.7 Å². The Kier molecular flexibility index (Phi) is 4.94. The van der Waals surface area contributed by atoms with Crippen molar-refractivity contribution in [2.45, 2.75) is 40.0 Å².